The van der Waals surface area contributed by atoms with Crippen LogP contribution in [0.4, 0.5) is 0 Å². The molecule has 2 aromatic rings. The Kier molecular flexibility index (Phi) is 13.2. The molecule has 4 heteroatoms. The number of ether oxygens (including phenoxy) is 2. The topological polar surface area (TPSA) is 52.6 Å². The van der Waals surface area contributed by atoms with Crippen LogP contribution in [0.25, 0.3) is 10.8 Å². The van der Waals surface area contributed by atoms with Gasteiger partial charge in [0.25, 0.3) is 0 Å². The molecule has 2 rings (SSSR count). The summed E-state index contributed by atoms with van der Waals surface area (Å²) < 4.78 is 10.9. The number of hydrogen-bond donors (Lipinski definition) is 0. The lowest BCUT2D eigenvalue weighted by Crippen LogP contribution is -2.07. The number of carbonyl (C=O) groups excluding carboxylic acids is 2. The van der Waals surface area contributed by atoms with Crippen molar-refractivity contribution in [3.8, 4) is 5.75 Å². The molecule has 0 saturated heterocycles. The molecule has 0 saturated carbocycles. The third-order valence-corrected chi connectivity index (χ3v) is 5.75. The van der Waals surface area contributed by atoms with E-state index in [4.69, 9.17) is 9.47 Å². The molecular weight excluding hydrogens is 400 g/mol. The van der Waals surface area contributed by atoms with Gasteiger partial charge in [-0.1, -0.05) is 101 Å². The SMILES string of the molecule is CCCCCCCCOC(=O)CCCCCCCCC(=O)Oc1cccc2ccccc12. The first-order chi connectivity index (χ1) is 15.7. The Morgan fingerprint density at radius 1 is 0.656 bits per heavy atom. The standard InChI is InChI=1S/C28H40O4/c1-2-3-4-5-10-15-23-31-27(29)21-11-8-6-7-9-12-22-28(30)32-26-20-16-18-24-17-13-14-19-25(24)26/h13-14,16-20H,2-12,15,21-23H2,1H3. The van der Waals surface area contributed by atoms with Crippen molar-refractivity contribution in [2.75, 3.05) is 6.61 Å². The van der Waals surface area contributed by atoms with Gasteiger partial charge in [0.05, 0.1) is 6.61 Å². The highest BCUT2D eigenvalue weighted by Crippen LogP contribution is 2.25. The van der Waals surface area contributed by atoms with Crippen LogP contribution in [0, 0.1) is 0 Å². The van der Waals surface area contributed by atoms with Gasteiger partial charge in [-0.05, 0) is 30.7 Å². The fourth-order valence-corrected chi connectivity index (χ4v) is 3.84. The van der Waals surface area contributed by atoms with Crippen molar-refractivity contribution >= 4 is 22.7 Å². The molecule has 0 spiro atoms. The van der Waals surface area contributed by atoms with Crippen LogP contribution in [-0.4, -0.2) is 18.5 Å². The van der Waals surface area contributed by atoms with Crippen LogP contribution in [0.1, 0.15) is 96.8 Å². The molecule has 2 aromatic carbocycles. The molecule has 176 valence electrons. The van der Waals surface area contributed by atoms with Gasteiger partial charge in [-0.25, -0.2) is 0 Å². The number of esters is 2. The fourth-order valence-electron chi connectivity index (χ4n) is 3.84. The maximum Gasteiger partial charge on any atom is 0.311 e. The predicted octanol–water partition coefficient (Wildman–Crippen LogP) is 7.77. The van der Waals surface area contributed by atoms with E-state index >= 15 is 0 Å². The monoisotopic (exact) mass is 440 g/mol. The van der Waals surface area contributed by atoms with Crippen molar-refractivity contribution in [3.63, 3.8) is 0 Å². The summed E-state index contributed by atoms with van der Waals surface area (Å²) in [6.07, 6.45) is 14.1. The second-order valence-electron chi connectivity index (χ2n) is 8.56. The van der Waals surface area contributed by atoms with Crippen LogP contribution in [-0.2, 0) is 14.3 Å². The molecule has 0 aliphatic heterocycles. The minimum atomic E-state index is -0.172. The van der Waals surface area contributed by atoms with Gasteiger partial charge in [-0.2, -0.15) is 0 Å². The maximum atomic E-state index is 12.2. The van der Waals surface area contributed by atoms with Gasteiger partial charge < -0.3 is 9.47 Å². The normalized spacial score (nSPS) is 10.9. The van der Waals surface area contributed by atoms with Crippen LogP contribution < -0.4 is 4.74 Å². The first-order valence-corrected chi connectivity index (χ1v) is 12.5. The second-order valence-corrected chi connectivity index (χ2v) is 8.56. The van der Waals surface area contributed by atoms with E-state index in [-0.39, 0.29) is 11.9 Å². The molecule has 0 aliphatic rings. The van der Waals surface area contributed by atoms with E-state index in [1.807, 2.05) is 42.5 Å². The van der Waals surface area contributed by atoms with Crippen molar-refractivity contribution in [3.05, 3.63) is 42.5 Å². The van der Waals surface area contributed by atoms with Crippen molar-refractivity contribution in [2.45, 2.75) is 96.8 Å². The van der Waals surface area contributed by atoms with E-state index < -0.39 is 0 Å². The molecule has 0 heterocycles. The first-order valence-electron chi connectivity index (χ1n) is 12.5. The summed E-state index contributed by atoms with van der Waals surface area (Å²) in [6.45, 7) is 2.78. The molecule has 0 aromatic heterocycles. The van der Waals surface area contributed by atoms with Crippen LogP contribution in [0.15, 0.2) is 42.5 Å². The predicted molar refractivity (Wildman–Crippen MR) is 131 cm³/mol. The number of rotatable bonds is 17. The Morgan fingerprint density at radius 2 is 1.25 bits per heavy atom. The van der Waals surface area contributed by atoms with Crippen LogP contribution in [0.2, 0.25) is 0 Å². The van der Waals surface area contributed by atoms with E-state index in [0.29, 0.717) is 25.2 Å². The van der Waals surface area contributed by atoms with Crippen LogP contribution >= 0.6 is 0 Å². The van der Waals surface area contributed by atoms with Gasteiger partial charge in [-0.3, -0.25) is 9.59 Å². The summed E-state index contributed by atoms with van der Waals surface area (Å²) in [5, 5.41) is 2.04. The third-order valence-electron chi connectivity index (χ3n) is 5.75. The molecular formula is C28H40O4. The van der Waals surface area contributed by atoms with Gasteiger partial charge in [0.2, 0.25) is 0 Å². The number of fused-ring (bicyclic) bond motifs is 1. The number of hydrogen-bond acceptors (Lipinski definition) is 4. The van der Waals surface area contributed by atoms with Crippen molar-refractivity contribution in [2.24, 2.45) is 0 Å². The molecule has 0 radical (unpaired) electrons. The van der Waals surface area contributed by atoms with E-state index in [1.165, 1.54) is 25.7 Å². The highest BCUT2D eigenvalue weighted by molar-refractivity contribution is 5.90. The number of benzene rings is 2. The van der Waals surface area contributed by atoms with Crippen LogP contribution in [0.5, 0.6) is 5.75 Å². The average molecular weight is 441 g/mol. The molecule has 0 bridgehead atoms. The van der Waals surface area contributed by atoms with Crippen molar-refractivity contribution in [1.29, 1.82) is 0 Å². The Balaban J connectivity index is 1.43. The van der Waals surface area contributed by atoms with Gasteiger partial charge in [0.1, 0.15) is 5.75 Å². The summed E-state index contributed by atoms with van der Waals surface area (Å²) >= 11 is 0. The van der Waals surface area contributed by atoms with Crippen molar-refractivity contribution < 1.29 is 19.1 Å². The molecule has 0 N–H and O–H groups in total. The van der Waals surface area contributed by atoms with Gasteiger partial charge >= 0.3 is 11.9 Å². The quantitative estimate of drug-likeness (QED) is 0.143. The highest BCUT2D eigenvalue weighted by Gasteiger charge is 2.08. The zero-order valence-corrected chi connectivity index (χ0v) is 19.8. The van der Waals surface area contributed by atoms with Crippen LogP contribution in [0.3, 0.4) is 0 Å². The van der Waals surface area contributed by atoms with Gasteiger partial charge in [-0.15, -0.1) is 0 Å². The summed E-state index contributed by atoms with van der Waals surface area (Å²) in [5.74, 6) is 0.403. The van der Waals surface area contributed by atoms with Crippen molar-refractivity contribution in [1.82, 2.24) is 0 Å². The molecule has 32 heavy (non-hydrogen) atoms. The third kappa shape index (κ3) is 10.8. The number of carbonyl (C=O) groups is 2. The Morgan fingerprint density at radius 3 is 2.00 bits per heavy atom. The molecule has 0 fully saturated rings. The number of unbranched alkanes of at least 4 members (excludes halogenated alkanes) is 10. The fraction of sp³-hybridized carbons (Fsp3) is 0.571. The lowest BCUT2D eigenvalue weighted by atomic mass is 10.1. The average Bonchev–Trinajstić information content (AvgIpc) is 2.80. The minimum absolute atomic E-state index is 0.0604. The maximum absolute atomic E-state index is 12.2. The Hall–Kier alpha value is -2.36. The summed E-state index contributed by atoms with van der Waals surface area (Å²) in [7, 11) is 0. The summed E-state index contributed by atoms with van der Waals surface area (Å²) in [5.41, 5.74) is 0. The molecule has 0 amide bonds. The largest absolute Gasteiger partial charge is 0.466 e. The highest BCUT2D eigenvalue weighted by atomic mass is 16.5. The van der Waals surface area contributed by atoms with E-state index in [0.717, 1.165) is 62.1 Å². The Labute approximate surface area is 193 Å². The van der Waals surface area contributed by atoms with E-state index in [9.17, 15) is 9.59 Å². The van der Waals surface area contributed by atoms with E-state index in [1.54, 1.807) is 0 Å². The first kappa shape index (κ1) is 25.9. The summed E-state index contributed by atoms with van der Waals surface area (Å²) in [6, 6.07) is 13.7. The Bertz CT molecular complexity index is 794. The summed E-state index contributed by atoms with van der Waals surface area (Å²) in [4.78, 5) is 23.9. The second kappa shape index (κ2) is 16.3. The molecule has 0 unspecified atom stereocenters. The van der Waals surface area contributed by atoms with Gasteiger partial charge in [0, 0.05) is 18.2 Å². The lowest BCUT2D eigenvalue weighted by molar-refractivity contribution is -0.144. The zero-order chi connectivity index (χ0) is 22.9. The van der Waals surface area contributed by atoms with E-state index in [2.05, 4.69) is 6.92 Å². The lowest BCUT2D eigenvalue weighted by Gasteiger charge is -2.08. The smallest absolute Gasteiger partial charge is 0.311 e. The minimum Gasteiger partial charge on any atom is -0.466 e. The molecule has 0 aliphatic carbocycles. The van der Waals surface area contributed by atoms with Gasteiger partial charge in [0.15, 0.2) is 0 Å². The molecule has 0 atom stereocenters. The zero-order valence-electron chi connectivity index (χ0n) is 19.8. The molecule has 4 nitrogen and oxygen atoms in total.